The van der Waals surface area contributed by atoms with Gasteiger partial charge in [0.1, 0.15) is 12.1 Å². The Kier molecular flexibility index (Phi) is 19.8. The van der Waals surface area contributed by atoms with E-state index in [2.05, 4.69) is 16.0 Å². The van der Waals surface area contributed by atoms with Crippen LogP contribution in [0.4, 0.5) is 0 Å². The summed E-state index contributed by atoms with van der Waals surface area (Å²) in [7, 11) is 9.16. The topological polar surface area (TPSA) is 176 Å². The number of nitrogens with one attached hydrogen (secondary N) is 3. The van der Waals surface area contributed by atoms with Gasteiger partial charge in [-0.05, 0) is 37.3 Å². The summed E-state index contributed by atoms with van der Waals surface area (Å²) in [6.07, 6.45) is 0.900. The first-order valence-electron chi connectivity index (χ1n) is 19.3. The number of nitrogens with zero attached hydrogens (tertiary/aromatic N) is 3. The van der Waals surface area contributed by atoms with E-state index < -0.39 is 60.1 Å². The molecule has 3 N–H and O–H groups in total. The van der Waals surface area contributed by atoms with E-state index in [4.69, 9.17) is 14.2 Å². The molecule has 0 bridgehead atoms. The summed E-state index contributed by atoms with van der Waals surface area (Å²) in [6, 6.07) is 6.74. The Hall–Kier alpha value is -4.08. The Morgan fingerprint density at radius 1 is 0.891 bits per heavy atom. The molecule has 1 saturated heterocycles. The number of carbonyl (C=O) groups is 6. The maximum absolute atomic E-state index is 14.1. The van der Waals surface area contributed by atoms with Crippen LogP contribution in [0.3, 0.4) is 0 Å². The SMILES string of the molecule is CCC(C)C(C(CC(=O)N1CCC[C@H]1C(OC)C(C)C(=O)NC(Cc1ccccc1)C(=O)OC)OC)N(C)C(=O)CNC(=O)C(C(C)C)N(C)C(=O)CNC. The minimum Gasteiger partial charge on any atom is -0.467 e. The van der Waals surface area contributed by atoms with Crippen LogP contribution in [0.15, 0.2) is 30.3 Å². The predicted molar refractivity (Wildman–Crippen MR) is 209 cm³/mol. The molecule has 15 heteroatoms. The number of amides is 5. The summed E-state index contributed by atoms with van der Waals surface area (Å²) in [4.78, 5) is 84.4. The van der Waals surface area contributed by atoms with E-state index in [-0.39, 0.29) is 55.5 Å². The first kappa shape index (κ1) is 47.1. The van der Waals surface area contributed by atoms with Gasteiger partial charge in [-0.3, -0.25) is 24.0 Å². The van der Waals surface area contributed by atoms with Crippen LogP contribution in [0.25, 0.3) is 0 Å². The molecule has 0 aliphatic carbocycles. The Labute approximate surface area is 327 Å². The molecule has 55 heavy (non-hydrogen) atoms. The molecule has 7 unspecified atom stereocenters. The minimum absolute atomic E-state index is 0.0295. The van der Waals surface area contributed by atoms with Crippen LogP contribution >= 0.6 is 0 Å². The number of ether oxygens (including phenoxy) is 3. The van der Waals surface area contributed by atoms with Gasteiger partial charge in [-0.25, -0.2) is 4.79 Å². The van der Waals surface area contributed by atoms with Crippen molar-refractivity contribution in [3.05, 3.63) is 35.9 Å². The highest BCUT2D eigenvalue weighted by molar-refractivity contribution is 5.91. The maximum Gasteiger partial charge on any atom is 0.328 e. The molecule has 0 spiro atoms. The fraction of sp³-hybridized carbons (Fsp3) is 0.700. The van der Waals surface area contributed by atoms with E-state index >= 15 is 0 Å². The summed E-state index contributed by atoms with van der Waals surface area (Å²) >= 11 is 0. The zero-order valence-corrected chi connectivity index (χ0v) is 34.8. The van der Waals surface area contributed by atoms with Gasteiger partial charge in [-0.2, -0.15) is 0 Å². The number of esters is 1. The van der Waals surface area contributed by atoms with E-state index in [1.807, 2.05) is 58.0 Å². The number of benzene rings is 1. The molecular formula is C40H66N6O9. The standard InChI is InChI=1S/C40H66N6O9/c1-12-26(4)36(45(8)34(49)24-42-39(51)35(25(2)3)44(7)33(48)23-41-6)31(53-9)22-32(47)46-20-16-19-30(46)37(54-10)27(5)38(50)43-29(40(52)55-11)21-28-17-14-13-15-18-28/h13-15,17-18,25-27,29-31,35-37,41H,12,16,19-24H2,1-11H3,(H,42,51)(H,43,50)/t26?,27?,29?,30-,31?,35?,36?,37?/m0/s1. The highest BCUT2D eigenvalue weighted by atomic mass is 16.5. The lowest BCUT2D eigenvalue weighted by Crippen LogP contribution is -2.56. The average molecular weight is 775 g/mol. The van der Waals surface area contributed by atoms with Crippen molar-refractivity contribution in [2.75, 3.05) is 62.1 Å². The molecule has 2 rings (SSSR count). The lowest BCUT2D eigenvalue weighted by molar-refractivity contribution is -0.148. The summed E-state index contributed by atoms with van der Waals surface area (Å²) < 4.78 is 16.8. The van der Waals surface area contributed by atoms with E-state index in [0.717, 1.165) is 5.56 Å². The van der Waals surface area contributed by atoms with Crippen molar-refractivity contribution < 1.29 is 43.0 Å². The summed E-state index contributed by atoms with van der Waals surface area (Å²) in [5, 5.41) is 8.36. The zero-order valence-electron chi connectivity index (χ0n) is 34.8. The van der Waals surface area contributed by atoms with Gasteiger partial charge >= 0.3 is 5.97 Å². The average Bonchev–Trinajstić information content (AvgIpc) is 3.66. The predicted octanol–water partition coefficient (Wildman–Crippen LogP) is 1.63. The molecule has 0 aromatic heterocycles. The van der Waals surface area contributed by atoms with Crippen molar-refractivity contribution in [2.24, 2.45) is 17.8 Å². The summed E-state index contributed by atoms with van der Waals surface area (Å²) in [5.41, 5.74) is 0.864. The van der Waals surface area contributed by atoms with Crippen molar-refractivity contribution in [3.8, 4) is 0 Å². The first-order chi connectivity index (χ1) is 26.1. The number of likely N-dealkylation sites (N-methyl/N-ethyl adjacent to an activating group) is 3. The van der Waals surface area contributed by atoms with Crippen LogP contribution in [0.2, 0.25) is 0 Å². The Balaban J connectivity index is 2.19. The van der Waals surface area contributed by atoms with Gasteiger partial charge in [0.25, 0.3) is 0 Å². The molecule has 1 heterocycles. The third kappa shape index (κ3) is 13.0. The lowest BCUT2D eigenvalue weighted by Gasteiger charge is -2.39. The van der Waals surface area contributed by atoms with E-state index in [0.29, 0.717) is 25.8 Å². The van der Waals surface area contributed by atoms with Gasteiger partial charge in [0.15, 0.2) is 0 Å². The second kappa shape index (κ2) is 23.1. The highest BCUT2D eigenvalue weighted by Gasteiger charge is 2.42. The number of hydrogen-bond donors (Lipinski definition) is 3. The molecule has 0 radical (unpaired) electrons. The normalized spacial score (nSPS) is 18.0. The molecule has 15 nitrogen and oxygen atoms in total. The van der Waals surface area contributed by atoms with Crippen LogP contribution in [-0.4, -0.2) is 149 Å². The monoisotopic (exact) mass is 774 g/mol. The molecule has 1 aromatic rings. The smallest absolute Gasteiger partial charge is 0.328 e. The Bertz CT molecular complexity index is 1410. The number of hydrogen-bond acceptors (Lipinski definition) is 10. The van der Waals surface area contributed by atoms with Crippen molar-refractivity contribution in [1.82, 2.24) is 30.7 Å². The molecule has 310 valence electrons. The maximum atomic E-state index is 14.1. The third-order valence-electron chi connectivity index (χ3n) is 10.8. The van der Waals surface area contributed by atoms with Crippen LogP contribution in [0, 0.1) is 17.8 Å². The van der Waals surface area contributed by atoms with E-state index in [1.54, 1.807) is 33.0 Å². The van der Waals surface area contributed by atoms with E-state index in [1.165, 1.54) is 31.1 Å². The molecule has 0 saturated carbocycles. The number of methoxy groups -OCH3 is 3. The minimum atomic E-state index is -0.903. The van der Waals surface area contributed by atoms with Crippen LogP contribution in [-0.2, 0) is 49.4 Å². The fourth-order valence-electron chi connectivity index (χ4n) is 7.56. The zero-order chi connectivity index (χ0) is 41.4. The van der Waals surface area contributed by atoms with Gasteiger partial charge in [0.2, 0.25) is 29.5 Å². The Morgan fingerprint density at radius 3 is 2.07 bits per heavy atom. The second-order valence-electron chi connectivity index (χ2n) is 14.9. The quantitative estimate of drug-likeness (QED) is 0.147. The number of rotatable bonds is 22. The van der Waals surface area contributed by atoms with Gasteiger partial charge in [0.05, 0.1) is 56.8 Å². The van der Waals surface area contributed by atoms with Crippen LogP contribution in [0.1, 0.15) is 65.9 Å². The van der Waals surface area contributed by atoms with Gasteiger partial charge in [-0.1, -0.05) is 71.4 Å². The third-order valence-corrected chi connectivity index (χ3v) is 10.8. The Morgan fingerprint density at radius 2 is 1.53 bits per heavy atom. The molecule has 1 fully saturated rings. The fourth-order valence-corrected chi connectivity index (χ4v) is 7.56. The lowest BCUT2D eigenvalue weighted by atomic mass is 9.90. The van der Waals surface area contributed by atoms with Crippen molar-refractivity contribution in [3.63, 3.8) is 0 Å². The van der Waals surface area contributed by atoms with Gasteiger partial charge in [-0.15, -0.1) is 0 Å². The van der Waals surface area contributed by atoms with Crippen LogP contribution in [0.5, 0.6) is 0 Å². The molecular weight excluding hydrogens is 708 g/mol. The highest BCUT2D eigenvalue weighted by Crippen LogP contribution is 2.29. The second-order valence-corrected chi connectivity index (χ2v) is 14.9. The first-order valence-corrected chi connectivity index (χ1v) is 19.3. The molecule has 1 aliphatic heterocycles. The van der Waals surface area contributed by atoms with Gasteiger partial charge in [0, 0.05) is 41.3 Å². The van der Waals surface area contributed by atoms with E-state index in [9.17, 15) is 28.8 Å². The van der Waals surface area contributed by atoms with Crippen molar-refractivity contribution >= 4 is 35.5 Å². The largest absolute Gasteiger partial charge is 0.467 e. The van der Waals surface area contributed by atoms with Crippen LogP contribution < -0.4 is 16.0 Å². The molecule has 5 amide bonds. The number of likely N-dealkylation sites (tertiary alicyclic amines) is 1. The summed E-state index contributed by atoms with van der Waals surface area (Å²) in [5.74, 6) is -3.18. The molecule has 1 aromatic carbocycles. The molecule has 8 atom stereocenters. The number of carbonyl (C=O) groups excluding carboxylic acids is 6. The summed E-state index contributed by atoms with van der Waals surface area (Å²) in [6.45, 7) is 9.62. The van der Waals surface area contributed by atoms with Gasteiger partial charge < -0.3 is 44.9 Å². The van der Waals surface area contributed by atoms with Crippen molar-refractivity contribution in [1.29, 1.82) is 0 Å². The van der Waals surface area contributed by atoms with Crippen molar-refractivity contribution in [2.45, 2.75) is 103 Å². The molecule has 1 aliphatic rings.